The summed E-state index contributed by atoms with van der Waals surface area (Å²) in [6.07, 6.45) is 1.40. The molecular formula is C25H28ClN5O4. The first kappa shape index (κ1) is 26.1. The number of halogens is 1. The highest BCUT2D eigenvalue weighted by Gasteiger charge is 2.17. The van der Waals surface area contributed by atoms with Crippen LogP contribution in [0.1, 0.15) is 22.3 Å². The first-order valence-corrected chi connectivity index (χ1v) is 11.5. The van der Waals surface area contributed by atoms with E-state index in [9.17, 15) is 19.5 Å². The lowest BCUT2D eigenvalue weighted by atomic mass is 10.1. The summed E-state index contributed by atoms with van der Waals surface area (Å²) in [7, 11) is 0. The van der Waals surface area contributed by atoms with Crippen molar-refractivity contribution in [1.82, 2.24) is 15.1 Å². The van der Waals surface area contributed by atoms with Crippen molar-refractivity contribution in [3.63, 3.8) is 0 Å². The second-order valence-electron chi connectivity index (χ2n) is 7.94. The molecule has 10 heteroatoms. The van der Waals surface area contributed by atoms with Crippen LogP contribution in [0.3, 0.4) is 0 Å². The van der Waals surface area contributed by atoms with Gasteiger partial charge in [0.15, 0.2) is 0 Å². The topological polar surface area (TPSA) is 131 Å². The first-order chi connectivity index (χ1) is 16.8. The summed E-state index contributed by atoms with van der Waals surface area (Å²) in [6, 6.07) is 14.2. The van der Waals surface area contributed by atoms with E-state index in [1.165, 1.54) is 15.8 Å². The highest BCUT2D eigenvalue weighted by Crippen LogP contribution is 2.16. The highest BCUT2D eigenvalue weighted by atomic mass is 35.5. The molecule has 0 unspecified atom stereocenters. The van der Waals surface area contributed by atoms with Crippen molar-refractivity contribution in [2.24, 2.45) is 5.73 Å². The third-order valence-electron chi connectivity index (χ3n) is 5.60. The summed E-state index contributed by atoms with van der Waals surface area (Å²) in [5.41, 5.74) is 8.55. The molecule has 2 amide bonds. The van der Waals surface area contributed by atoms with E-state index in [0.717, 1.165) is 11.1 Å². The molecule has 0 saturated heterocycles. The zero-order valence-corrected chi connectivity index (χ0v) is 20.2. The number of aliphatic hydroxyl groups is 1. The first-order valence-electron chi connectivity index (χ1n) is 11.1. The molecule has 0 aliphatic carbocycles. The molecule has 3 aromatic rings. The van der Waals surface area contributed by atoms with E-state index < -0.39 is 18.1 Å². The number of para-hydroxylation sites is 1. The van der Waals surface area contributed by atoms with E-state index in [4.69, 9.17) is 17.3 Å². The number of nitrogens with one attached hydrogen (secondary N) is 1. The molecule has 9 nitrogen and oxygen atoms in total. The molecule has 184 valence electrons. The van der Waals surface area contributed by atoms with Gasteiger partial charge < -0.3 is 21.1 Å². The van der Waals surface area contributed by atoms with E-state index in [-0.39, 0.29) is 32.0 Å². The Kier molecular flexibility index (Phi) is 9.13. The van der Waals surface area contributed by atoms with Crippen LogP contribution in [0.5, 0.6) is 0 Å². The van der Waals surface area contributed by atoms with Crippen LogP contribution in [0, 0.1) is 6.92 Å². The van der Waals surface area contributed by atoms with Gasteiger partial charge in [-0.3, -0.25) is 14.4 Å². The maximum atomic E-state index is 13.1. The maximum Gasteiger partial charge on any atom is 0.270 e. The molecular weight excluding hydrogens is 470 g/mol. The predicted octanol–water partition coefficient (Wildman–Crippen LogP) is 1.55. The Morgan fingerprint density at radius 1 is 1.17 bits per heavy atom. The number of aryl methyl sites for hydroxylation is 1. The van der Waals surface area contributed by atoms with Gasteiger partial charge in [0.25, 0.3) is 11.5 Å². The lowest BCUT2D eigenvalue weighted by molar-refractivity contribution is -0.121. The minimum Gasteiger partial charge on any atom is -0.387 e. The van der Waals surface area contributed by atoms with E-state index in [1.807, 2.05) is 12.1 Å². The van der Waals surface area contributed by atoms with Crippen molar-refractivity contribution >= 4 is 29.1 Å². The summed E-state index contributed by atoms with van der Waals surface area (Å²) < 4.78 is 1.22. The van der Waals surface area contributed by atoms with Crippen LogP contribution < -0.4 is 21.5 Å². The van der Waals surface area contributed by atoms with Crippen LogP contribution in [0.25, 0.3) is 0 Å². The molecule has 0 fully saturated rings. The van der Waals surface area contributed by atoms with E-state index in [2.05, 4.69) is 10.4 Å². The Balaban J connectivity index is 1.71. The average molecular weight is 498 g/mol. The lowest BCUT2D eigenvalue weighted by Crippen LogP contribution is -2.39. The smallest absolute Gasteiger partial charge is 0.270 e. The standard InChI is InChI=1S/C25H28ClN5O4/c1-17-14-29-31(10-9-30(24(34)16-32)21-5-3-2-4-6-21)25(35)22(17)12-23(33)28-15-19-11-20(26)8-7-18(19)13-27/h2-8,11,14,32H,9-10,12-13,15-16,27H2,1H3,(H,28,33). The lowest BCUT2D eigenvalue weighted by Gasteiger charge is -2.22. The van der Waals surface area contributed by atoms with E-state index in [1.54, 1.807) is 43.3 Å². The van der Waals surface area contributed by atoms with E-state index in [0.29, 0.717) is 28.4 Å². The number of aromatic nitrogens is 2. The summed E-state index contributed by atoms with van der Waals surface area (Å²) in [5, 5.41) is 16.9. The number of carbonyl (C=O) groups is 2. The Morgan fingerprint density at radius 2 is 1.91 bits per heavy atom. The Bertz CT molecular complexity index is 1250. The third-order valence-corrected chi connectivity index (χ3v) is 5.84. The quantitative estimate of drug-likeness (QED) is 0.389. The van der Waals surface area contributed by atoms with Crippen LogP contribution in [0.15, 0.2) is 59.5 Å². The number of hydrogen-bond acceptors (Lipinski definition) is 6. The van der Waals surface area contributed by atoms with Crippen molar-refractivity contribution in [3.8, 4) is 0 Å². The van der Waals surface area contributed by atoms with Gasteiger partial charge in [-0.15, -0.1) is 0 Å². The number of carbonyl (C=O) groups excluding carboxylic acids is 2. The molecule has 0 aliphatic heterocycles. The number of rotatable bonds is 10. The summed E-state index contributed by atoms with van der Waals surface area (Å²) in [4.78, 5) is 39.3. The second-order valence-corrected chi connectivity index (χ2v) is 8.38. The van der Waals surface area contributed by atoms with Gasteiger partial charge in [-0.25, -0.2) is 4.68 Å². The maximum absolute atomic E-state index is 13.1. The molecule has 0 aliphatic rings. The van der Waals surface area contributed by atoms with Gasteiger partial charge in [-0.1, -0.05) is 35.9 Å². The SMILES string of the molecule is Cc1cnn(CCN(C(=O)CO)c2ccccc2)c(=O)c1CC(=O)NCc1cc(Cl)ccc1CN. The molecule has 0 saturated carbocycles. The Labute approximate surface area is 208 Å². The molecule has 1 heterocycles. The van der Waals surface area contributed by atoms with E-state index >= 15 is 0 Å². The van der Waals surface area contributed by atoms with Gasteiger partial charge >= 0.3 is 0 Å². The summed E-state index contributed by atoms with van der Waals surface area (Å²) >= 11 is 6.05. The van der Waals surface area contributed by atoms with Crippen LogP contribution in [0.4, 0.5) is 5.69 Å². The van der Waals surface area contributed by atoms with Gasteiger partial charge in [0.2, 0.25) is 5.91 Å². The van der Waals surface area contributed by atoms with Crippen LogP contribution in [0.2, 0.25) is 5.02 Å². The molecule has 0 spiro atoms. The summed E-state index contributed by atoms with van der Waals surface area (Å²) in [5.74, 6) is -0.818. The van der Waals surface area contributed by atoms with Crippen molar-refractivity contribution in [1.29, 1.82) is 0 Å². The van der Waals surface area contributed by atoms with Gasteiger partial charge in [0, 0.05) is 35.9 Å². The largest absolute Gasteiger partial charge is 0.387 e. The Morgan fingerprint density at radius 3 is 2.60 bits per heavy atom. The van der Waals surface area contributed by atoms with Gasteiger partial charge in [0.1, 0.15) is 6.61 Å². The third kappa shape index (κ3) is 6.75. The second kappa shape index (κ2) is 12.3. The highest BCUT2D eigenvalue weighted by molar-refractivity contribution is 6.30. The van der Waals surface area contributed by atoms with Crippen LogP contribution >= 0.6 is 11.6 Å². The predicted molar refractivity (Wildman–Crippen MR) is 134 cm³/mol. The van der Waals surface area contributed by atoms with Crippen molar-refractivity contribution in [2.75, 3.05) is 18.1 Å². The average Bonchev–Trinajstić information content (AvgIpc) is 2.87. The number of nitrogens with two attached hydrogens (primary N) is 1. The normalized spacial score (nSPS) is 10.7. The molecule has 3 rings (SSSR count). The monoisotopic (exact) mass is 497 g/mol. The molecule has 35 heavy (non-hydrogen) atoms. The van der Waals surface area contributed by atoms with Gasteiger partial charge in [-0.2, -0.15) is 5.10 Å². The minimum atomic E-state index is -0.658. The molecule has 2 aromatic carbocycles. The van der Waals surface area contributed by atoms with Gasteiger partial charge in [0.05, 0.1) is 19.2 Å². The molecule has 1 aromatic heterocycles. The van der Waals surface area contributed by atoms with Crippen molar-refractivity contribution in [2.45, 2.75) is 33.0 Å². The number of nitrogens with zero attached hydrogens (tertiary/aromatic N) is 3. The fourth-order valence-corrected chi connectivity index (χ4v) is 3.84. The zero-order chi connectivity index (χ0) is 25.4. The zero-order valence-electron chi connectivity index (χ0n) is 19.4. The minimum absolute atomic E-state index is 0.0940. The number of amides is 2. The van der Waals surface area contributed by atoms with Gasteiger partial charge in [-0.05, 0) is 47.9 Å². The summed E-state index contributed by atoms with van der Waals surface area (Å²) in [6.45, 7) is 1.83. The van der Waals surface area contributed by atoms with Crippen molar-refractivity contribution in [3.05, 3.63) is 92.4 Å². The number of hydrogen-bond donors (Lipinski definition) is 3. The van der Waals surface area contributed by atoms with Crippen molar-refractivity contribution < 1.29 is 14.7 Å². The van der Waals surface area contributed by atoms with Crippen LogP contribution in [-0.4, -0.2) is 39.9 Å². The number of anilines is 1. The number of aliphatic hydroxyl groups excluding tert-OH is 1. The fourth-order valence-electron chi connectivity index (χ4n) is 3.65. The fraction of sp³-hybridized carbons (Fsp3) is 0.280. The van der Waals surface area contributed by atoms with Crippen LogP contribution in [-0.2, 0) is 35.6 Å². The molecule has 0 atom stereocenters. The Hall–Kier alpha value is -3.53. The molecule has 0 radical (unpaired) electrons. The molecule has 0 bridgehead atoms. The molecule has 4 N–H and O–H groups in total. The number of benzene rings is 2.